The molecule has 1 aromatic heterocycles. The van der Waals surface area contributed by atoms with Gasteiger partial charge in [0.15, 0.2) is 0 Å². The summed E-state index contributed by atoms with van der Waals surface area (Å²) in [6.45, 7) is 2.43. The number of aliphatic hydroxyl groups is 2. The quantitative estimate of drug-likeness (QED) is 0.516. The van der Waals surface area contributed by atoms with Crippen LogP contribution >= 0.6 is 0 Å². The number of benzene rings is 2. The third-order valence-electron chi connectivity index (χ3n) is 6.74. The first-order valence-corrected chi connectivity index (χ1v) is 11.8. The topological polar surface area (TPSA) is 65.8 Å². The predicted octanol–water partition coefficient (Wildman–Crippen LogP) is 4.18. The molecule has 3 atom stereocenters. The summed E-state index contributed by atoms with van der Waals surface area (Å²) in [6, 6.07) is 13.8. The second-order valence-electron chi connectivity index (χ2n) is 8.91. The van der Waals surface area contributed by atoms with Crippen LogP contribution in [0.4, 0.5) is 4.39 Å². The summed E-state index contributed by atoms with van der Waals surface area (Å²) in [4.78, 5) is 6.65. The summed E-state index contributed by atoms with van der Waals surface area (Å²) in [5.41, 5.74) is 2.49. The highest BCUT2D eigenvalue weighted by molar-refractivity contribution is 5.83. The van der Waals surface area contributed by atoms with Gasteiger partial charge in [0.1, 0.15) is 11.6 Å². The molecule has 34 heavy (non-hydrogen) atoms. The van der Waals surface area contributed by atoms with Crippen molar-refractivity contribution >= 4 is 10.9 Å². The van der Waals surface area contributed by atoms with Crippen LogP contribution in [-0.2, 0) is 0 Å². The van der Waals surface area contributed by atoms with Gasteiger partial charge in [-0.25, -0.2) is 4.39 Å². The zero-order valence-electron chi connectivity index (χ0n) is 19.5. The standard InChI is InChI=1S/C28H31FN2O3/c1-34-24-9-10-27-26(17-24)25(12-14-30-27)28(33)11-6-21-13-16-31(18-22(21)19-32)15-2-3-20-4-7-23(29)8-5-20/h4-5,7-10,12,14,17,21-22,28,32-33H,6,11,13,15-16,18-19H2,1H3/t21-,22-,28?/m1/s1. The molecule has 5 nitrogen and oxygen atoms in total. The van der Waals surface area contributed by atoms with E-state index in [1.807, 2.05) is 24.3 Å². The van der Waals surface area contributed by atoms with Crippen LogP contribution in [0.25, 0.3) is 10.9 Å². The molecule has 2 aromatic carbocycles. The Morgan fingerprint density at radius 2 is 2.00 bits per heavy atom. The van der Waals surface area contributed by atoms with E-state index in [0.29, 0.717) is 18.9 Å². The van der Waals surface area contributed by atoms with Gasteiger partial charge in [-0.2, -0.15) is 0 Å². The van der Waals surface area contributed by atoms with Crippen molar-refractivity contribution in [3.63, 3.8) is 0 Å². The van der Waals surface area contributed by atoms with Crippen molar-refractivity contribution in [2.45, 2.75) is 25.4 Å². The summed E-state index contributed by atoms with van der Waals surface area (Å²) in [6.07, 6.45) is 3.56. The monoisotopic (exact) mass is 462 g/mol. The van der Waals surface area contributed by atoms with E-state index in [4.69, 9.17) is 4.74 Å². The number of fused-ring (bicyclic) bond motifs is 1. The van der Waals surface area contributed by atoms with Crippen molar-refractivity contribution in [3.8, 4) is 17.6 Å². The van der Waals surface area contributed by atoms with E-state index in [1.165, 1.54) is 12.1 Å². The van der Waals surface area contributed by atoms with Crippen molar-refractivity contribution in [2.75, 3.05) is 33.4 Å². The van der Waals surface area contributed by atoms with Crippen LogP contribution in [0.1, 0.15) is 36.5 Å². The number of hydrogen-bond acceptors (Lipinski definition) is 5. The Bertz CT molecular complexity index is 1160. The molecule has 0 aliphatic carbocycles. The molecule has 3 aromatic rings. The van der Waals surface area contributed by atoms with Crippen molar-refractivity contribution in [2.24, 2.45) is 11.8 Å². The molecule has 1 fully saturated rings. The number of nitrogens with zero attached hydrogens (tertiary/aromatic N) is 2. The van der Waals surface area contributed by atoms with Crippen LogP contribution in [0.5, 0.6) is 5.75 Å². The highest BCUT2D eigenvalue weighted by atomic mass is 19.1. The number of aliphatic hydroxyl groups excluding tert-OH is 2. The average molecular weight is 463 g/mol. The van der Waals surface area contributed by atoms with E-state index >= 15 is 0 Å². The molecule has 4 rings (SSSR count). The lowest BCUT2D eigenvalue weighted by Crippen LogP contribution is -2.42. The Hall–Kier alpha value is -2.98. The van der Waals surface area contributed by atoms with Gasteiger partial charge in [-0.1, -0.05) is 11.8 Å². The lowest BCUT2D eigenvalue weighted by atomic mass is 9.81. The second kappa shape index (κ2) is 11.4. The normalized spacial score (nSPS) is 19.4. The molecule has 0 radical (unpaired) electrons. The number of ether oxygens (including phenoxy) is 1. The predicted molar refractivity (Wildman–Crippen MR) is 131 cm³/mol. The summed E-state index contributed by atoms with van der Waals surface area (Å²) >= 11 is 0. The molecule has 1 unspecified atom stereocenters. The summed E-state index contributed by atoms with van der Waals surface area (Å²) in [7, 11) is 1.63. The fourth-order valence-corrected chi connectivity index (χ4v) is 4.76. The van der Waals surface area contributed by atoms with Crippen LogP contribution in [0.3, 0.4) is 0 Å². The van der Waals surface area contributed by atoms with Gasteiger partial charge >= 0.3 is 0 Å². The first kappa shape index (κ1) is 24.2. The molecular weight excluding hydrogens is 431 g/mol. The van der Waals surface area contributed by atoms with Crippen LogP contribution in [0.2, 0.25) is 0 Å². The van der Waals surface area contributed by atoms with E-state index in [-0.39, 0.29) is 18.3 Å². The molecule has 0 saturated carbocycles. The average Bonchev–Trinajstić information content (AvgIpc) is 2.88. The van der Waals surface area contributed by atoms with E-state index < -0.39 is 6.10 Å². The Morgan fingerprint density at radius 1 is 1.18 bits per heavy atom. The lowest BCUT2D eigenvalue weighted by molar-refractivity contribution is 0.0640. The van der Waals surface area contributed by atoms with Gasteiger partial charge in [-0.05, 0) is 91.7 Å². The second-order valence-corrected chi connectivity index (χ2v) is 8.91. The maximum atomic E-state index is 13.0. The Morgan fingerprint density at radius 3 is 2.76 bits per heavy atom. The maximum Gasteiger partial charge on any atom is 0.123 e. The van der Waals surface area contributed by atoms with Crippen molar-refractivity contribution in [1.82, 2.24) is 9.88 Å². The number of methoxy groups -OCH3 is 1. The Labute approximate surface area is 200 Å². The number of rotatable bonds is 7. The van der Waals surface area contributed by atoms with Gasteiger partial charge in [0.05, 0.1) is 25.3 Å². The van der Waals surface area contributed by atoms with Gasteiger partial charge in [-0.15, -0.1) is 0 Å². The highest BCUT2D eigenvalue weighted by Crippen LogP contribution is 2.33. The number of piperidine rings is 1. The number of aromatic nitrogens is 1. The number of pyridine rings is 1. The first-order chi connectivity index (χ1) is 16.6. The van der Waals surface area contributed by atoms with E-state index in [0.717, 1.165) is 53.7 Å². The molecule has 6 heteroatoms. The number of likely N-dealkylation sites (tertiary alicyclic amines) is 1. The van der Waals surface area contributed by atoms with E-state index in [9.17, 15) is 14.6 Å². The van der Waals surface area contributed by atoms with Crippen LogP contribution in [0, 0.1) is 29.5 Å². The van der Waals surface area contributed by atoms with E-state index in [2.05, 4.69) is 21.7 Å². The van der Waals surface area contributed by atoms with Gasteiger partial charge in [-0.3, -0.25) is 9.88 Å². The number of hydrogen-bond donors (Lipinski definition) is 2. The fraction of sp³-hybridized carbons (Fsp3) is 0.393. The van der Waals surface area contributed by atoms with Crippen LogP contribution in [-0.4, -0.2) is 53.4 Å². The Kier molecular flexibility index (Phi) is 8.12. The molecule has 178 valence electrons. The van der Waals surface area contributed by atoms with Gasteiger partial charge in [0.2, 0.25) is 0 Å². The molecule has 0 spiro atoms. The highest BCUT2D eigenvalue weighted by Gasteiger charge is 2.29. The molecular formula is C28H31FN2O3. The van der Waals surface area contributed by atoms with Crippen molar-refractivity contribution in [1.29, 1.82) is 0 Å². The molecule has 0 amide bonds. The van der Waals surface area contributed by atoms with Gasteiger partial charge < -0.3 is 14.9 Å². The molecule has 1 aliphatic rings. The van der Waals surface area contributed by atoms with Gasteiger partial charge in [0, 0.05) is 30.3 Å². The summed E-state index contributed by atoms with van der Waals surface area (Å²) in [5.74, 6) is 7.22. The van der Waals surface area contributed by atoms with E-state index in [1.54, 1.807) is 25.4 Å². The lowest BCUT2D eigenvalue weighted by Gasteiger charge is -2.37. The third-order valence-corrected chi connectivity index (χ3v) is 6.74. The fourth-order valence-electron chi connectivity index (χ4n) is 4.76. The largest absolute Gasteiger partial charge is 0.497 e. The smallest absolute Gasteiger partial charge is 0.123 e. The molecule has 2 N–H and O–H groups in total. The SMILES string of the molecule is COc1ccc2nccc(C(O)CC[C@@H]3CCN(CC#Cc4ccc(F)cc4)C[C@@H]3CO)c2c1. The third kappa shape index (κ3) is 5.92. The van der Waals surface area contributed by atoms with Crippen LogP contribution in [0.15, 0.2) is 54.7 Å². The molecule has 1 saturated heterocycles. The van der Waals surface area contributed by atoms with Crippen molar-refractivity contribution < 1.29 is 19.3 Å². The minimum Gasteiger partial charge on any atom is -0.497 e. The zero-order valence-corrected chi connectivity index (χ0v) is 19.5. The summed E-state index contributed by atoms with van der Waals surface area (Å²) < 4.78 is 18.4. The molecule has 1 aliphatic heterocycles. The first-order valence-electron chi connectivity index (χ1n) is 11.8. The molecule has 0 bridgehead atoms. The Balaban J connectivity index is 1.33. The van der Waals surface area contributed by atoms with Crippen molar-refractivity contribution in [3.05, 3.63) is 71.7 Å². The zero-order chi connectivity index (χ0) is 23.9. The van der Waals surface area contributed by atoms with Crippen LogP contribution < -0.4 is 4.74 Å². The van der Waals surface area contributed by atoms with Gasteiger partial charge in [0.25, 0.3) is 0 Å². The minimum atomic E-state index is -0.600. The maximum absolute atomic E-state index is 13.0. The number of halogens is 1. The summed E-state index contributed by atoms with van der Waals surface area (Å²) in [5, 5.41) is 21.9. The molecule has 2 heterocycles. The minimum absolute atomic E-state index is 0.123.